The van der Waals surface area contributed by atoms with Gasteiger partial charge in [0, 0.05) is 19.8 Å². The molecule has 0 radical (unpaired) electrons. The van der Waals surface area contributed by atoms with Crippen molar-refractivity contribution < 1.29 is 19.0 Å². The number of nitrogens with zero attached hydrogens (tertiary/aromatic N) is 1. The fraction of sp³-hybridized carbons (Fsp3) is 0.429. The first kappa shape index (κ1) is 14.3. The minimum absolute atomic E-state index is 0.0971. The van der Waals surface area contributed by atoms with Gasteiger partial charge >= 0.3 is 5.97 Å². The Hall–Kier alpha value is -2.13. The number of nitrogens with one attached hydrogen (secondary N) is 1. The highest BCUT2D eigenvalue weighted by Crippen LogP contribution is 2.32. The molecule has 5 nitrogen and oxygen atoms in total. The van der Waals surface area contributed by atoms with Gasteiger partial charge < -0.3 is 15.2 Å². The zero-order valence-corrected chi connectivity index (χ0v) is 10.9. The molecule has 0 aliphatic carbocycles. The quantitative estimate of drug-likeness (QED) is 0.880. The van der Waals surface area contributed by atoms with Gasteiger partial charge in [0.25, 0.3) is 0 Å². The maximum Gasteiger partial charge on any atom is 0.311 e. The second-order valence-electron chi connectivity index (χ2n) is 4.83. The number of anilines is 1. The highest BCUT2D eigenvalue weighted by Gasteiger charge is 2.40. The smallest absolute Gasteiger partial charge is 0.311 e. The standard InChI is InChI=1S/C14H15FN2O3/c15-11-2-1-3-12(10(11)8-16)17-9-14(13(18)19)4-6-20-7-5-14/h1-3,17H,4-7,9H2,(H,18,19). The number of hydrogen-bond donors (Lipinski definition) is 2. The van der Waals surface area contributed by atoms with Crippen molar-refractivity contribution >= 4 is 11.7 Å². The number of ether oxygens (including phenoxy) is 1. The van der Waals surface area contributed by atoms with Gasteiger partial charge in [-0.3, -0.25) is 4.79 Å². The molecule has 1 saturated heterocycles. The number of carboxylic acids is 1. The van der Waals surface area contributed by atoms with Crippen LogP contribution in [-0.4, -0.2) is 30.8 Å². The van der Waals surface area contributed by atoms with Crippen molar-refractivity contribution in [3.05, 3.63) is 29.6 Å². The molecule has 6 heteroatoms. The lowest BCUT2D eigenvalue weighted by Crippen LogP contribution is -2.42. The lowest BCUT2D eigenvalue weighted by Gasteiger charge is -2.33. The van der Waals surface area contributed by atoms with Crippen LogP contribution < -0.4 is 5.32 Å². The van der Waals surface area contributed by atoms with Crippen molar-refractivity contribution in [1.29, 1.82) is 5.26 Å². The summed E-state index contributed by atoms with van der Waals surface area (Å²) in [4.78, 5) is 11.5. The van der Waals surface area contributed by atoms with Crippen molar-refractivity contribution in [1.82, 2.24) is 0 Å². The van der Waals surface area contributed by atoms with Crippen LogP contribution >= 0.6 is 0 Å². The molecule has 0 unspecified atom stereocenters. The molecule has 0 atom stereocenters. The maximum absolute atomic E-state index is 13.5. The van der Waals surface area contributed by atoms with Gasteiger partial charge in [0.1, 0.15) is 17.4 Å². The molecule has 1 heterocycles. The van der Waals surface area contributed by atoms with E-state index < -0.39 is 17.2 Å². The second kappa shape index (κ2) is 5.88. The van der Waals surface area contributed by atoms with Crippen molar-refractivity contribution in [3.8, 4) is 6.07 Å². The summed E-state index contributed by atoms with van der Waals surface area (Å²) in [7, 11) is 0. The first-order chi connectivity index (χ1) is 9.59. The first-order valence-electron chi connectivity index (χ1n) is 6.33. The number of carboxylic acid groups (broad SMARTS) is 1. The van der Waals surface area contributed by atoms with Crippen LogP contribution in [0, 0.1) is 22.6 Å². The van der Waals surface area contributed by atoms with E-state index in [1.54, 1.807) is 12.1 Å². The van der Waals surface area contributed by atoms with Crippen molar-refractivity contribution in [2.24, 2.45) is 5.41 Å². The normalized spacial score (nSPS) is 17.2. The van der Waals surface area contributed by atoms with Gasteiger partial charge in [-0.05, 0) is 25.0 Å². The van der Waals surface area contributed by atoms with Gasteiger partial charge in [0.05, 0.1) is 11.1 Å². The van der Waals surface area contributed by atoms with Crippen LogP contribution in [0.4, 0.5) is 10.1 Å². The van der Waals surface area contributed by atoms with Gasteiger partial charge in [-0.1, -0.05) is 6.07 Å². The minimum atomic E-state index is -0.933. The molecule has 1 aliphatic rings. The third-order valence-corrected chi connectivity index (χ3v) is 3.65. The molecule has 2 rings (SSSR count). The zero-order valence-electron chi connectivity index (χ0n) is 10.9. The number of halogens is 1. The molecule has 1 aromatic carbocycles. The molecule has 0 spiro atoms. The van der Waals surface area contributed by atoms with E-state index >= 15 is 0 Å². The number of rotatable bonds is 4. The van der Waals surface area contributed by atoms with Gasteiger partial charge in [-0.15, -0.1) is 0 Å². The summed E-state index contributed by atoms with van der Waals surface area (Å²) in [5.74, 6) is -1.52. The fourth-order valence-electron chi connectivity index (χ4n) is 2.28. The van der Waals surface area contributed by atoms with E-state index in [9.17, 15) is 14.3 Å². The lowest BCUT2D eigenvalue weighted by atomic mass is 9.80. The number of nitriles is 1. The predicted molar refractivity (Wildman–Crippen MR) is 69.7 cm³/mol. The highest BCUT2D eigenvalue weighted by atomic mass is 19.1. The third-order valence-electron chi connectivity index (χ3n) is 3.65. The van der Waals surface area contributed by atoms with Crippen LogP contribution in [0.2, 0.25) is 0 Å². The Morgan fingerprint density at radius 1 is 1.50 bits per heavy atom. The number of carbonyl (C=O) groups is 1. The first-order valence-corrected chi connectivity index (χ1v) is 6.33. The van der Waals surface area contributed by atoms with Gasteiger partial charge in [-0.2, -0.15) is 5.26 Å². The molecule has 1 aromatic rings. The largest absolute Gasteiger partial charge is 0.481 e. The van der Waals surface area contributed by atoms with Crippen LogP contribution in [0.15, 0.2) is 18.2 Å². The minimum Gasteiger partial charge on any atom is -0.481 e. The Morgan fingerprint density at radius 3 is 2.80 bits per heavy atom. The zero-order chi connectivity index (χ0) is 14.6. The van der Waals surface area contributed by atoms with Gasteiger partial charge in [-0.25, -0.2) is 4.39 Å². The Balaban J connectivity index is 2.17. The lowest BCUT2D eigenvalue weighted by molar-refractivity contribution is -0.153. The van der Waals surface area contributed by atoms with E-state index in [-0.39, 0.29) is 12.1 Å². The monoisotopic (exact) mass is 278 g/mol. The Kier molecular flexibility index (Phi) is 4.20. The molecule has 0 amide bonds. The van der Waals surface area contributed by atoms with E-state index in [1.807, 2.05) is 0 Å². The molecule has 0 saturated carbocycles. The summed E-state index contributed by atoms with van der Waals surface area (Å²) in [6.45, 7) is 0.925. The summed E-state index contributed by atoms with van der Waals surface area (Å²) in [6.07, 6.45) is 0.791. The topological polar surface area (TPSA) is 82.4 Å². The van der Waals surface area contributed by atoms with E-state index in [2.05, 4.69) is 5.32 Å². The maximum atomic E-state index is 13.5. The average molecular weight is 278 g/mol. The molecular formula is C14H15FN2O3. The van der Waals surface area contributed by atoms with E-state index in [4.69, 9.17) is 10.00 Å². The molecule has 1 aliphatic heterocycles. The summed E-state index contributed by atoms with van der Waals surface area (Å²) >= 11 is 0. The summed E-state index contributed by atoms with van der Waals surface area (Å²) in [5.41, 5.74) is -0.711. The van der Waals surface area contributed by atoms with Gasteiger partial charge in [0.15, 0.2) is 0 Å². The SMILES string of the molecule is N#Cc1c(F)cccc1NCC1(C(=O)O)CCOCC1. The third kappa shape index (κ3) is 2.73. The number of aliphatic carboxylic acids is 1. The average Bonchev–Trinajstić information content (AvgIpc) is 2.46. The van der Waals surface area contributed by atoms with Crippen LogP contribution in [0.5, 0.6) is 0 Å². The van der Waals surface area contributed by atoms with Crippen molar-refractivity contribution in [3.63, 3.8) is 0 Å². The van der Waals surface area contributed by atoms with Crippen LogP contribution in [-0.2, 0) is 9.53 Å². The van der Waals surface area contributed by atoms with E-state index in [0.717, 1.165) is 0 Å². The number of hydrogen-bond acceptors (Lipinski definition) is 4. The predicted octanol–water partition coefficient (Wildman–Crippen LogP) is 1.99. The Bertz CT molecular complexity index is 548. The van der Waals surface area contributed by atoms with Crippen LogP contribution in [0.3, 0.4) is 0 Å². The molecular weight excluding hydrogens is 263 g/mol. The fourth-order valence-corrected chi connectivity index (χ4v) is 2.28. The molecule has 2 N–H and O–H groups in total. The molecule has 0 aromatic heterocycles. The molecule has 20 heavy (non-hydrogen) atoms. The van der Waals surface area contributed by atoms with E-state index in [1.165, 1.54) is 12.1 Å². The van der Waals surface area contributed by atoms with Crippen molar-refractivity contribution in [2.45, 2.75) is 12.8 Å². The summed E-state index contributed by atoms with van der Waals surface area (Å²) in [5, 5.41) is 21.3. The Labute approximate surface area is 116 Å². The van der Waals surface area contributed by atoms with Crippen molar-refractivity contribution in [2.75, 3.05) is 25.1 Å². The molecule has 0 bridgehead atoms. The highest BCUT2D eigenvalue weighted by molar-refractivity contribution is 5.76. The van der Waals surface area contributed by atoms with Gasteiger partial charge in [0.2, 0.25) is 0 Å². The molecule has 106 valence electrons. The van der Waals surface area contributed by atoms with Crippen LogP contribution in [0.25, 0.3) is 0 Å². The second-order valence-corrected chi connectivity index (χ2v) is 4.83. The number of benzene rings is 1. The van der Waals surface area contributed by atoms with E-state index in [0.29, 0.717) is 31.7 Å². The summed E-state index contributed by atoms with van der Waals surface area (Å²) in [6, 6.07) is 6.03. The molecule has 1 fully saturated rings. The summed E-state index contributed by atoms with van der Waals surface area (Å²) < 4.78 is 18.7. The van der Waals surface area contributed by atoms with Crippen LogP contribution in [0.1, 0.15) is 18.4 Å². The Morgan fingerprint density at radius 2 is 2.20 bits per heavy atom.